The highest BCUT2D eigenvalue weighted by atomic mass is 19.1. The molecule has 2 atom stereocenters. The lowest BCUT2D eigenvalue weighted by Crippen LogP contribution is -2.37. The van der Waals surface area contributed by atoms with Gasteiger partial charge in [0.1, 0.15) is 6.67 Å². The largest absolute Gasteiger partial charge is 0.378 e. The van der Waals surface area contributed by atoms with Gasteiger partial charge in [-0.25, -0.2) is 14.4 Å². The molecule has 0 bridgehead atoms. The SMILES string of the molecule is CO[C@H](c1ccc(-c2cnc(N3CCOCC3)nc2)cc1)[C@H](N)CF. The van der Waals surface area contributed by atoms with Gasteiger partial charge >= 0.3 is 0 Å². The molecule has 1 saturated heterocycles. The number of halogens is 1. The van der Waals surface area contributed by atoms with Crippen molar-refractivity contribution in [3.05, 3.63) is 42.2 Å². The van der Waals surface area contributed by atoms with E-state index in [0.29, 0.717) is 13.2 Å². The summed E-state index contributed by atoms with van der Waals surface area (Å²) in [4.78, 5) is 11.0. The molecule has 1 fully saturated rings. The van der Waals surface area contributed by atoms with Crippen LogP contribution in [0.1, 0.15) is 11.7 Å². The first-order valence-corrected chi connectivity index (χ1v) is 8.32. The molecule has 0 saturated carbocycles. The van der Waals surface area contributed by atoms with Gasteiger partial charge in [0.2, 0.25) is 5.95 Å². The van der Waals surface area contributed by atoms with Gasteiger partial charge in [-0.1, -0.05) is 24.3 Å². The lowest BCUT2D eigenvalue weighted by atomic mass is 10.0. The molecule has 134 valence electrons. The molecule has 6 nitrogen and oxygen atoms in total. The molecule has 2 heterocycles. The molecule has 25 heavy (non-hydrogen) atoms. The summed E-state index contributed by atoms with van der Waals surface area (Å²) in [5, 5.41) is 0. The minimum atomic E-state index is -0.674. The quantitative estimate of drug-likeness (QED) is 0.862. The Hall–Kier alpha value is -2.09. The zero-order valence-corrected chi connectivity index (χ0v) is 14.3. The molecule has 1 aliphatic heterocycles. The maximum Gasteiger partial charge on any atom is 0.225 e. The number of nitrogens with zero attached hydrogens (tertiary/aromatic N) is 3. The number of aromatic nitrogens is 2. The van der Waals surface area contributed by atoms with E-state index in [2.05, 4.69) is 14.9 Å². The summed E-state index contributed by atoms with van der Waals surface area (Å²) in [6.07, 6.45) is 3.17. The van der Waals surface area contributed by atoms with Crippen molar-refractivity contribution in [2.45, 2.75) is 12.1 Å². The van der Waals surface area contributed by atoms with Crippen molar-refractivity contribution in [1.82, 2.24) is 9.97 Å². The van der Waals surface area contributed by atoms with Crippen molar-refractivity contribution >= 4 is 5.95 Å². The molecule has 2 aromatic rings. The van der Waals surface area contributed by atoms with Crippen molar-refractivity contribution in [3.63, 3.8) is 0 Å². The van der Waals surface area contributed by atoms with Gasteiger partial charge in [0.15, 0.2) is 0 Å². The minimum Gasteiger partial charge on any atom is -0.378 e. The number of nitrogens with two attached hydrogens (primary N) is 1. The Kier molecular flexibility index (Phi) is 5.91. The third kappa shape index (κ3) is 4.12. The van der Waals surface area contributed by atoms with Crippen molar-refractivity contribution < 1.29 is 13.9 Å². The molecule has 0 unspecified atom stereocenters. The predicted octanol–water partition coefficient (Wildman–Crippen LogP) is 1.96. The fraction of sp³-hybridized carbons (Fsp3) is 0.444. The van der Waals surface area contributed by atoms with Crippen LogP contribution in [0.5, 0.6) is 0 Å². The number of anilines is 1. The van der Waals surface area contributed by atoms with E-state index in [1.165, 1.54) is 7.11 Å². The third-order valence-electron chi connectivity index (χ3n) is 4.33. The average molecular weight is 346 g/mol. The standard InChI is InChI=1S/C18H23FN4O2/c1-24-17(16(20)10-19)14-4-2-13(3-5-14)15-11-21-18(22-12-15)23-6-8-25-9-7-23/h2-5,11-12,16-17H,6-10,20H2,1H3/t16-,17-/m1/s1. The Morgan fingerprint density at radius 2 is 1.80 bits per heavy atom. The van der Waals surface area contributed by atoms with E-state index in [-0.39, 0.29) is 0 Å². The first-order valence-electron chi connectivity index (χ1n) is 8.32. The van der Waals surface area contributed by atoms with Crippen LogP contribution in [0.4, 0.5) is 10.3 Å². The Balaban J connectivity index is 1.73. The van der Waals surface area contributed by atoms with Gasteiger partial charge in [-0.3, -0.25) is 0 Å². The van der Waals surface area contributed by atoms with E-state index in [0.717, 1.165) is 35.7 Å². The van der Waals surface area contributed by atoms with Crippen LogP contribution in [0.3, 0.4) is 0 Å². The Bertz CT molecular complexity index is 660. The van der Waals surface area contributed by atoms with Gasteiger partial charge in [-0.15, -0.1) is 0 Å². The highest BCUT2D eigenvalue weighted by molar-refractivity contribution is 5.62. The third-order valence-corrected chi connectivity index (χ3v) is 4.33. The predicted molar refractivity (Wildman–Crippen MR) is 94.2 cm³/mol. The van der Waals surface area contributed by atoms with E-state index >= 15 is 0 Å². The van der Waals surface area contributed by atoms with Crippen molar-refractivity contribution in [3.8, 4) is 11.1 Å². The number of benzene rings is 1. The molecule has 1 aromatic carbocycles. The number of hydrogen-bond acceptors (Lipinski definition) is 6. The van der Waals surface area contributed by atoms with Crippen LogP contribution in [0.25, 0.3) is 11.1 Å². The zero-order chi connectivity index (χ0) is 17.6. The molecule has 7 heteroatoms. The molecular weight excluding hydrogens is 323 g/mol. The second kappa shape index (κ2) is 8.33. The summed E-state index contributed by atoms with van der Waals surface area (Å²) in [5.74, 6) is 0.719. The molecular formula is C18H23FN4O2. The minimum absolute atomic E-state index is 0.459. The zero-order valence-electron chi connectivity index (χ0n) is 14.3. The summed E-state index contributed by atoms with van der Waals surface area (Å²) in [5.41, 5.74) is 8.52. The van der Waals surface area contributed by atoms with Crippen molar-refractivity contribution in [2.24, 2.45) is 5.73 Å². The van der Waals surface area contributed by atoms with Gasteiger partial charge in [0, 0.05) is 38.2 Å². The summed E-state index contributed by atoms with van der Waals surface area (Å²) < 4.78 is 23.5. The Morgan fingerprint density at radius 3 is 2.36 bits per heavy atom. The highest BCUT2D eigenvalue weighted by Crippen LogP contribution is 2.25. The van der Waals surface area contributed by atoms with Crippen LogP contribution in [0.2, 0.25) is 0 Å². The first-order chi connectivity index (χ1) is 12.2. The van der Waals surface area contributed by atoms with Gasteiger partial charge < -0.3 is 20.1 Å². The van der Waals surface area contributed by atoms with Crippen molar-refractivity contribution in [1.29, 1.82) is 0 Å². The Morgan fingerprint density at radius 1 is 1.16 bits per heavy atom. The van der Waals surface area contributed by atoms with Crippen LogP contribution in [-0.4, -0.2) is 56.1 Å². The molecule has 0 amide bonds. The van der Waals surface area contributed by atoms with E-state index < -0.39 is 18.8 Å². The maximum atomic E-state index is 12.8. The molecule has 1 aromatic heterocycles. The average Bonchev–Trinajstić information content (AvgIpc) is 2.70. The highest BCUT2D eigenvalue weighted by Gasteiger charge is 2.19. The number of rotatable bonds is 6. The second-order valence-electron chi connectivity index (χ2n) is 5.97. The lowest BCUT2D eigenvalue weighted by Gasteiger charge is -2.26. The summed E-state index contributed by atoms with van der Waals surface area (Å²) >= 11 is 0. The van der Waals surface area contributed by atoms with E-state index in [1.807, 2.05) is 36.7 Å². The van der Waals surface area contributed by atoms with Crippen molar-refractivity contribution in [2.75, 3.05) is 45.0 Å². The van der Waals surface area contributed by atoms with Crippen LogP contribution in [0.15, 0.2) is 36.7 Å². The monoisotopic (exact) mass is 346 g/mol. The van der Waals surface area contributed by atoms with Crippen LogP contribution >= 0.6 is 0 Å². The Labute approximate surface area is 146 Å². The normalized spacial score (nSPS) is 17.3. The van der Waals surface area contributed by atoms with Gasteiger partial charge in [-0.05, 0) is 11.1 Å². The molecule has 0 radical (unpaired) electrons. The fourth-order valence-electron chi connectivity index (χ4n) is 2.90. The molecule has 3 rings (SSSR count). The van der Waals surface area contributed by atoms with Crippen LogP contribution in [0, 0.1) is 0 Å². The van der Waals surface area contributed by atoms with E-state index in [1.54, 1.807) is 0 Å². The smallest absolute Gasteiger partial charge is 0.225 e. The number of hydrogen-bond donors (Lipinski definition) is 1. The van der Waals surface area contributed by atoms with Gasteiger partial charge in [0.25, 0.3) is 0 Å². The van der Waals surface area contributed by atoms with Crippen LogP contribution in [-0.2, 0) is 9.47 Å². The lowest BCUT2D eigenvalue weighted by molar-refractivity contribution is 0.0721. The first kappa shape index (κ1) is 17.7. The molecule has 1 aliphatic rings. The van der Waals surface area contributed by atoms with E-state index in [4.69, 9.17) is 15.2 Å². The molecule has 2 N–H and O–H groups in total. The number of methoxy groups -OCH3 is 1. The summed E-state index contributed by atoms with van der Waals surface area (Å²) in [6.45, 7) is 2.39. The van der Waals surface area contributed by atoms with Crippen LogP contribution < -0.4 is 10.6 Å². The maximum absolute atomic E-state index is 12.8. The number of ether oxygens (including phenoxy) is 2. The topological polar surface area (TPSA) is 73.5 Å². The summed E-state index contributed by atoms with van der Waals surface area (Å²) in [6, 6.07) is 7.01. The second-order valence-corrected chi connectivity index (χ2v) is 5.97. The molecule has 0 aliphatic carbocycles. The number of alkyl halides is 1. The fourth-order valence-corrected chi connectivity index (χ4v) is 2.90. The van der Waals surface area contributed by atoms with E-state index in [9.17, 15) is 4.39 Å². The van der Waals surface area contributed by atoms with Gasteiger partial charge in [-0.2, -0.15) is 0 Å². The number of morpholine rings is 1. The molecule has 0 spiro atoms. The van der Waals surface area contributed by atoms with Gasteiger partial charge in [0.05, 0.1) is 25.4 Å². The summed E-state index contributed by atoms with van der Waals surface area (Å²) in [7, 11) is 1.53.